The van der Waals surface area contributed by atoms with E-state index >= 15 is 0 Å². The number of nitrogens with one attached hydrogen (secondary N) is 1. The highest BCUT2D eigenvalue weighted by molar-refractivity contribution is 5.79. The third-order valence-corrected chi connectivity index (χ3v) is 3.82. The predicted octanol–water partition coefficient (Wildman–Crippen LogP) is 2.07. The van der Waals surface area contributed by atoms with E-state index < -0.39 is 0 Å². The first kappa shape index (κ1) is 16.4. The van der Waals surface area contributed by atoms with Gasteiger partial charge >= 0.3 is 0 Å². The fourth-order valence-electron chi connectivity index (χ4n) is 2.59. The molecule has 0 saturated heterocycles. The van der Waals surface area contributed by atoms with Gasteiger partial charge < -0.3 is 15.8 Å². The van der Waals surface area contributed by atoms with Crippen LogP contribution in [0.3, 0.4) is 0 Å². The van der Waals surface area contributed by atoms with Crippen molar-refractivity contribution in [1.82, 2.24) is 5.32 Å². The summed E-state index contributed by atoms with van der Waals surface area (Å²) in [6.07, 6.45) is 5.31. The Labute approximate surface area is 117 Å². The molecule has 0 aromatic carbocycles. The van der Waals surface area contributed by atoms with Crippen LogP contribution in [0.15, 0.2) is 0 Å². The first-order valence-electron chi connectivity index (χ1n) is 7.65. The summed E-state index contributed by atoms with van der Waals surface area (Å²) in [6, 6.07) is 0.0421. The summed E-state index contributed by atoms with van der Waals surface area (Å²) in [5.74, 6) is 0.773. The number of carbonyl (C=O) groups excluding carboxylic acids is 1. The lowest BCUT2D eigenvalue weighted by molar-refractivity contribution is -0.127. The lowest BCUT2D eigenvalue weighted by Crippen LogP contribution is -2.45. The van der Waals surface area contributed by atoms with E-state index in [4.69, 9.17) is 10.5 Å². The Balaban J connectivity index is 2.13. The highest BCUT2D eigenvalue weighted by atomic mass is 16.5. The lowest BCUT2D eigenvalue weighted by Gasteiger charge is -2.31. The Morgan fingerprint density at radius 1 is 1.37 bits per heavy atom. The zero-order valence-corrected chi connectivity index (χ0v) is 12.7. The average Bonchev–Trinajstić information content (AvgIpc) is 2.36. The van der Waals surface area contributed by atoms with Gasteiger partial charge in [-0.3, -0.25) is 4.79 Å². The topological polar surface area (TPSA) is 64.4 Å². The largest absolute Gasteiger partial charge is 0.379 e. The first-order valence-corrected chi connectivity index (χ1v) is 7.65. The minimum atomic E-state index is 0.00987. The number of amides is 1. The number of ether oxygens (including phenoxy) is 1. The summed E-state index contributed by atoms with van der Waals surface area (Å²) in [5.41, 5.74) is 6.05. The van der Waals surface area contributed by atoms with Crippen LogP contribution in [-0.2, 0) is 9.53 Å². The molecular weight excluding hydrogens is 240 g/mol. The molecule has 0 heterocycles. The van der Waals surface area contributed by atoms with E-state index in [9.17, 15) is 4.79 Å². The standard InChI is InChI=1S/C15H30N2O2/c1-11(2)19-9-5-4-8-17-15(18)13-10-12(3)6-7-14(13)16/h11-14H,4-10,16H2,1-3H3,(H,17,18). The van der Waals surface area contributed by atoms with Crippen LogP contribution in [0.4, 0.5) is 0 Å². The summed E-state index contributed by atoms with van der Waals surface area (Å²) in [5, 5.41) is 3.02. The van der Waals surface area contributed by atoms with Crippen LogP contribution in [0.1, 0.15) is 52.9 Å². The maximum Gasteiger partial charge on any atom is 0.224 e. The first-order chi connectivity index (χ1) is 9.00. The Morgan fingerprint density at radius 3 is 2.79 bits per heavy atom. The second-order valence-electron chi connectivity index (χ2n) is 6.11. The van der Waals surface area contributed by atoms with Crippen molar-refractivity contribution in [2.24, 2.45) is 17.6 Å². The van der Waals surface area contributed by atoms with Crippen molar-refractivity contribution in [2.75, 3.05) is 13.2 Å². The molecule has 112 valence electrons. The molecule has 4 nitrogen and oxygen atoms in total. The minimum absolute atomic E-state index is 0.00987. The average molecular weight is 270 g/mol. The van der Waals surface area contributed by atoms with Crippen LogP contribution < -0.4 is 11.1 Å². The van der Waals surface area contributed by atoms with Gasteiger partial charge in [0.25, 0.3) is 0 Å². The van der Waals surface area contributed by atoms with Crippen molar-refractivity contribution in [2.45, 2.75) is 65.0 Å². The molecule has 0 bridgehead atoms. The highest BCUT2D eigenvalue weighted by Crippen LogP contribution is 2.27. The summed E-state index contributed by atoms with van der Waals surface area (Å²) < 4.78 is 5.46. The summed E-state index contributed by atoms with van der Waals surface area (Å²) in [4.78, 5) is 12.1. The molecule has 1 aliphatic carbocycles. The van der Waals surface area contributed by atoms with E-state index in [1.807, 2.05) is 13.8 Å². The van der Waals surface area contributed by atoms with Crippen LogP contribution in [0.2, 0.25) is 0 Å². The van der Waals surface area contributed by atoms with Gasteiger partial charge in [0.15, 0.2) is 0 Å². The molecule has 3 atom stereocenters. The van der Waals surface area contributed by atoms with E-state index in [2.05, 4.69) is 12.2 Å². The van der Waals surface area contributed by atoms with Crippen molar-refractivity contribution in [1.29, 1.82) is 0 Å². The molecule has 1 aliphatic rings. The van der Waals surface area contributed by atoms with E-state index in [1.165, 1.54) is 0 Å². The second-order valence-corrected chi connectivity index (χ2v) is 6.11. The molecule has 0 aromatic heterocycles. The van der Waals surface area contributed by atoms with Gasteiger partial charge in [0.1, 0.15) is 0 Å². The number of unbranched alkanes of at least 4 members (excludes halogenated alkanes) is 1. The third kappa shape index (κ3) is 6.39. The fraction of sp³-hybridized carbons (Fsp3) is 0.933. The maximum atomic E-state index is 12.1. The Kier molecular flexibility index (Phi) is 7.39. The number of carbonyl (C=O) groups is 1. The van der Waals surface area contributed by atoms with Crippen molar-refractivity contribution < 1.29 is 9.53 Å². The summed E-state index contributed by atoms with van der Waals surface area (Å²) in [7, 11) is 0. The third-order valence-electron chi connectivity index (χ3n) is 3.82. The van der Waals surface area contributed by atoms with Crippen LogP contribution >= 0.6 is 0 Å². The van der Waals surface area contributed by atoms with E-state index in [1.54, 1.807) is 0 Å². The molecule has 1 fully saturated rings. The van der Waals surface area contributed by atoms with Crippen LogP contribution in [0.5, 0.6) is 0 Å². The molecule has 0 radical (unpaired) electrons. The van der Waals surface area contributed by atoms with Crippen molar-refractivity contribution >= 4 is 5.91 Å². The number of rotatable bonds is 7. The quantitative estimate of drug-likeness (QED) is 0.696. The second kappa shape index (κ2) is 8.54. The van der Waals surface area contributed by atoms with Crippen LogP contribution in [0, 0.1) is 11.8 Å². The smallest absolute Gasteiger partial charge is 0.224 e. The van der Waals surface area contributed by atoms with Gasteiger partial charge in [0, 0.05) is 19.2 Å². The monoisotopic (exact) mass is 270 g/mol. The van der Waals surface area contributed by atoms with Gasteiger partial charge in [0.2, 0.25) is 5.91 Å². The predicted molar refractivity (Wildman–Crippen MR) is 77.8 cm³/mol. The van der Waals surface area contributed by atoms with E-state index in [-0.39, 0.29) is 24.0 Å². The molecule has 1 saturated carbocycles. The number of nitrogens with two attached hydrogens (primary N) is 1. The Bertz CT molecular complexity index is 269. The molecule has 1 rings (SSSR count). The minimum Gasteiger partial charge on any atom is -0.379 e. The molecule has 0 aromatic rings. The molecule has 0 aliphatic heterocycles. The van der Waals surface area contributed by atoms with E-state index in [0.717, 1.165) is 45.3 Å². The lowest BCUT2D eigenvalue weighted by atomic mass is 9.79. The number of hydrogen-bond acceptors (Lipinski definition) is 3. The van der Waals surface area contributed by atoms with Crippen molar-refractivity contribution in [3.8, 4) is 0 Å². The van der Waals surface area contributed by atoms with E-state index in [0.29, 0.717) is 5.92 Å². The number of hydrogen-bond donors (Lipinski definition) is 2. The van der Waals surface area contributed by atoms with Crippen molar-refractivity contribution in [3.05, 3.63) is 0 Å². The molecule has 3 N–H and O–H groups in total. The summed E-state index contributed by atoms with van der Waals surface area (Å²) in [6.45, 7) is 7.78. The van der Waals surface area contributed by atoms with Gasteiger partial charge in [-0.05, 0) is 51.9 Å². The molecule has 1 amide bonds. The van der Waals surface area contributed by atoms with Gasteiger partial charge in [-0.2, -0.15) is 0 Å². The normalized spacial score (nSPS) is 27.5. The zero-order chi connectivity index (χ0) is 14.3. The zero-order valence-electron chi connectivity index (χ0n) is 12.7. The Hall–Kier alpha value is -0.610. The van der Waals surface area contributed by atoms with Gasteiger partial charge in [-0.1, -0.05) is 6.92 Å². The SMILES string of the molecule is CC1CCC(N)C(C(=O)NCCCCOC(C)C)C1. The fourth-order valence-corrected chi connectivity index (χ4v) is 2.59. The highest BCUT2D eigenvalue weighted by Gasteiger charge is 2.31. The molecule has 3 unspecified atom stereocenters. The van der Waals surface area contributed by atoms with Crippen LogP contribution in [-0.4, -0.2) is 31.2 Å². The van der Waals surface area contributed by atoms with Gasteiger partial charge in [-0.25, -0.2) is 0 Å². The Morgan fingerprint density at radius 2 is 2.11 bits per heavy atom. The molecule has 4 heteroatoms. The van der Waals surface area contributed by atoms with Crippen molar-refractivity contribution in [3.63, 3.8) is 0 Å². The van der Waals surface area contributed by atoms with Crippen LogP contribution in [0.25, 0.3) is 0 Å². The molecular formula is C15H30N2O2. The van der Waals surface area contributed by atoms with Gasteiger partial charge in [0.05, 0.1) is 12.0 Å². The summed E-state index contributed by atoms with van der Waals surface area (Å²) >= 11 is 0. The van der Waals surface area contributed by atoms with Gasteiger partial charge in [-0.15, -0.1) is 0 Å². The molecule has 0 spiro atoms. The maximum absolute atomic E-state index is 12.1. The molecule has 19 heavy (non-hydrogen) atoms.